The summed E-state index contributed by atoms with van der Waals surface area (Å²) in [6.45, 7) is 4.03. The van der Waals surface area contributed by atoms with Crippen LogP contribution in [0.4, 0.5) is 5.69 Å². The van der Waals surface area contributed by atoms with Crippen molar-refractivity contribution in [3.8, 4) is 22.8 Å². The summed E-state index contributed by atoms with van der Waals surface area (Å²) in [7, 11) is 5.74. The maximum absolute atomic E-state index is 5.94. The Kier molecular flexibility index (Phi) is 4.79. The van der Waals surface area contributed by atoms with Gasteiger partial charge in [0.2, 0.25) is 5.88 Å². The van der Waals surface area contributed by atoms with Crippen molar-refractivity contribution in [2.75, 3.05) is 26.1 Å². The van der Waals surface area contributed by atoms with Crippen LogP contribution in [0.15, 0.2) is 48.7 Å². The lowest BCUT2D eigenvalue weighted by Crippen LogP contribution is -2.10. The molecular formula is C21H24N2O2. The van der Waals surface area contributed by atoms with Crippen LogP contribution in [0.25, 0.3) is 21.9 Å². The average molecular weight is 336 g/mol. The average Bonchev–Trinajstić information content (AvgIpc) is 2.61. The fraction of sp³-hybridized carbons (Fsp3) is 0.286. The Balaban J connectivity index is 2.19. The molecule has 3 rings (SSSR count). The highest BCUT2D eigenvalue weighted by atomic mass is 16.5. The lowest BCUT2D eigenvalue weighted by molar-refractivity contribution is 0.236. The Morgan fingerprint density at radius 3 is 2.28 bits per heavy atom. The number of aromatic nitrogens is 1. The van der Waals surface area contributed by atoms with Crippen molar-refractivity contribution in [3.05, 3.63) is 48.7 Å². The van der Waals surface area contributed by atoms with Gasteiger partial charge in [-0.1, -0.05) is 18.2 Å². The van der Waals surface area contributed by atoms with Gasteiger partial charge in [-0.3, -0.25) is 0 Å². The van der Waals surface area contributed by atoms with Gasteiger partial charge in [0.15, 0.2) is 0 Å². The topological polar surface area (TPSA) is 34.6 Å². The first-order valence-electron chi connectivity index (χ1n) is 8.40. The minimum atomic E-state index is 0.0746. The van der Waals surface area contributed by atoms with Crippen molar-refractivity contribution in [3.63, 3.8) is 0 Å². The third-order valence-corrected chi connectivity index (χ3v) is 4.10. The molecule has 0 saturated heterocycles. The van der Waals surface area contributed by atoms with Crippen LogP contribution in [0.5, 0.6) is 11.6 Å². The second-order valence-corrected chi connectivity index (χ2v) is 6.50. The number of fused-ring (bicyclic) bond motifs is 1. The van der Waals surface area contributed by atoms with E-state index >= 15 is 0 Å². The van der Waals surface area contributed by atoms with Crippen LogP contribution < -0.4 is 14.4 Å². The summed E-state index contributed by atoms with van der Waals surface area (Å²) >= 11 is 0. The van der Waals surface area contributed by atoms with Crippen molar-refractivity contribution in [1.29, 1.82) is 0 Å². The van der Waals surface area contributed by atoms with E-state index in [0.717, 1.165) is 33.3 Å². The predicted molar refractivity (Wildman–Crippen MR) is 104 cm³/mol. The monoisotopic (exact) mass is 336 g/mol. The molecule has 0 fully saturated rings. The van der Waals surface area contributed by atoms with E-state index in [0.29, 0.717) is 5.88 Å². The van der Waals surface area contributed by atoms with Crippen LogP contribution in [0.3, 0.4) is 0 Å². The fourth-order valence-corrected chi connectivity index (χ4v) is 2.80. The van der Waals surface area contributed by atoms with Crippen molar-refractivity contribution in [1.82, 2.24) is 4.98 Å². The molecule has 25 heavy (non-hydrogen) atoms. The molecule has 0 radical (unpaired) electrons. The van der Waals surface area contributed by atoms with E-state index in [1.54, 1.807) is 7.11 Å². The lowest BCUT2D eigenvalue weighted by atomic mass is 10.00. The number of anilines is 1. The highest BCUT2D eigenvalue weighted by Crippen LogP contribution is 2.35. The predicted octanol–water partition coefficient (Wildman–Crippen LogP) is 4.76. The largest absolute Gasteiger partial charge is 0.497 e. The van der Waals surface area contributed by atoms with Crippen molar-refractivity contribution in [2.45, 2.75) is 20.0 Å². The van der Waals surface area contributed by atoms with Gasteiger partial charge in [-0.05, 0) is 49.1 Å². The zero-order valence-corrected chi connectivity index (χ0v) is 15.4. The van der Waals surface area contributed by atoms with Crippen LogP contribution in [-0.4, -0.2) is 32.3 Å². The van der Waals surface area contributed by atoms with Gasteiger partial charge in [-0.15, -0.1) is 0 Å². The van der Waals surface area contributed by atoms with Gasteiger partial charge < -0.3 is 14.4 Å². The van der Waals surface area contributed by atoms with E-state index in [1.165, 1.54) is 0 Å². The van der Waals surface area contributed by atoms with E-state index < -0.39 is 0 Å². The Morgan fingerprint density at radius 1 is 0.960 bits per heavy atom. The SMILES string of the molecule is COc1ccc(-c2cnc(OC(C)C)c3cc(N(C)C)ccc23)cc1. The molecule has 0 N–H and O–H groups in total. The molecule has 1 heterocycles. The van der Waals surface area contributed by atoms with Gasteiger partial charge >= 0.3 is 0 Å². The van der Waals surface area contributed by atoms with E-state index in [4.69, 9.17) is 9.47 Å². The Hall–Kier alpha value is -2.75. The third-order valence-electron chi connectivity index (χ3n) is 4.10. The molecule has 0 bridgehead atoms. The molecule has 130 valence electrons. The zero-order valence-electron chi connectivity index (χ0n) is 15.4. The number of benzene rings is 2. The molecule has 0 saturated carbocycles. The molecule has 1 aromatic heterocycles. The highest BCUT2D eigenvalue weighted by molar-refractivity contribution is 6.00. The number of rotatable bonds is 5. The van der Waals surface area contributed by atoms with Crippen LogP contribution >= 0.6 is 0 Å². The van der Waals surface area contributed by atoms with E-state index in [2.05, 4.69) is 40.2 Å². The number of nitrogens with zero attached hydrogens (tertiary/aromatic N) is 2. The molecule has 3 aromatic rings. The molecule has 0 aliphatic rings. The molecule has 0 atom stereocenters. The summed E-state index contributed by atoms with van der Waals surface area (Å²) in [5.41, 5.74) is 3.31. The third kappa shape index (κ3) is 3.53. The quantitative estimate of drug-likeness (QED) is 0.672. The second-order valence-electron chi connectivity index (χ2n) is 6.50. The molecule has 0 spiro atoms. The number of methoxy groups -OCH3 is 1. The van der Waals surface area contributed by atoms with Crippen molar-refractivity contribution < 1.29 is 9.47 Å². The summed E-state index contributed by atoms with van der Waals surface area (Å²) < 4.78 is 11.2. The summed E-state index contributed by atoms with van der Waals surface area (Å²) in [5.74, 6) is 1.52. The van der Waals surface area contributed by atoms with Crippen molar-refractivity contribution in [2.24, 2.45) is 0 Å². The molecule has 0 aliphatic heterocycles. The van der Waals surface area contributed by atoms with Crippen molar-refractivity contribution >= 4 is 16.5 Å². The molecule has 2 aromatic carbocycles. The van der Waals surface area contributed by atoms with Gasteiger partial charge in [0.05, 0.1) is 13.2 Å². The Bertz CT molecular complexity index is 871. The van der Waals surface area contributed by atoms with Gasteiger partial charge in [0.25, 0.3) is 0 Å². The maximum Gasteiger partial charge on any atom is 0.221 e. The molecular weight excluding hydrogens is 312 g/mol. The summed E-state index contributed by atoms with van der Waals surface area (Å²) in [4.78, 5) is 6.68. The minimum Gasteiger partial charge on any atom is -0.497 e. The van der Waals surface area contributed by atoms with Crippen LogP contribution in [0, 0.1) is 0 Å². The first-order chi connectivity index (χ1) is 12.0. The number of hydrogen-bond donors (Lipinski definition) is 0. The van der Waals surface area contributed by atoms with E-state index in [1.807, 2.05) is 46.3 Å². The van der Waals surface area contributed by atoms with Gasteiger partial charge in [0.1, 0.15) is 5.75 Å². The first-order valence-corrected chi connectivity index (χ1v) is 8.40. The molecule has 4 heteroatoms. The lowest BCUT2D eigenvalue weighted by Gasteiger charge is -2.17. The standard InChI is InChI=1S/C21H24N2O2/c1-14(2)25-21-19-12-16(23(3)4)8-11-18(19)20(13-22-21)15-6-9-17(24-5)10-7-15/h6-14H,1-5H3. The van der Waals surface area contributed by atoms with Crippen LogP contribution in [-0.2, 0) is 0 Å². The van der Waals surface area contributed by atoms with Crippen LogP contribution in [0.1, 0.15) is 13.8 Å². The maximum atomic E-state index is 5.94. The molecule has 0 unspecified atom stereocenters. The molecule has 0 aliphatic carbocycles. The van der Waals surface area contributed by atoms with E-state index in [-0.39, 0.29) is 6.10 Å². The number of hydrogen-bond acceptors (Lipinski definition) is 4. The second kappa shape index (κ2) is 7.01. The number of pyridine rings is 1. The van der Waals surface area contributed by atoms with Gasteiger partial charge in [-0.25, -0.2) is 4.98 Å². The normalized spacial score (nSPS) is 11.0. The Labute approximate surface area is 149 Å². The van der Waals surface area contributed by atoms with Gasteiger partial charge in [-0.2, -0.15) is 0 Å². The zero-order chi connectivity index (χ0) is 18.0. The van der Waals surface area contributed by atoms with Crippen LogP contribution in [0.2, 0.25) is 0 Å². The summed E-state index contributed by atoms with van der Waals surface area (Å²) in [6.07, 6.45) is 1.96. The Morgan fingerprint density at radius 2 is 1.68 bits per heavy atom. The molecule has 0 amide bonds. The summed E-state index contributed by atoms with van der Waals surface area (Å²) in [6, 6.07) is 14.4. The smallest absolute Gasteiger partial charge is 0.221 e. The molecule has 4 nitrogen and oxygen atoms in total. The fourth-order valence-electron chi connectivity index (χ4n) is 2.80. The van der Waals surface area contributed by atoms with Gasteiger partial charge in [0, 0.05) is 36.9 Å². The number of ether oxygens (including phenoxy) is 2. The minimum absolute atomic E-state index is 0.0746. The highest BCUT2D eigenvalue weighted by Gasteiger charge is 2.13. The van der Waals surface area contributed by atoms with E-state index in [9.17, 15) is 0 Å². The first kappa shape index (κ1) is 17.1. The summed E-state index contributed by atoms with van der Waals surface area (Å²) in [5, 5.41) is 2.15.